The molecule has 0 saturated heterocycles. The highest BCUT2D eigenvalue weighted by Crippen LogP contribution is 2.38. The van der Waals surface area contributed by atoms with Gasteiger partial charge in [-0.05, 0) is 18.6 Å². The van der Waals surface area contributed by atoms with Crippen LogP contribution in [0, 0.1) is 0 Å². The second-order valence-corrected chi connectivity index (χ2v) is 5.84. The van der Waals surface area contributed by atoms with Crippen molar-refractivity contribution in [2.75, 3.05) is 20.8 Å². The number of ether oxygens (including phenoxy) is 3. The van der Waals surface area contributed by atoms with Gasteiger partial charge >= 0.3 is 5.97 Å². The quantitative estimate of drug-likeness (QED) is 0.517. The average molecular weight is 338 g/mol. The normalized spacial score (nSPS) is 10.5. The monoisotopic (exact) mass is 338 g/mol. The minimum Gasteiger partial charge on any atom is -0.493 e. The van der Waals surface area contributed by atoms with E-state index in [2.05, 4.69) is 6.92 Å². The van der Waals surface area contributed by atoms with Crippen LogP contribution in [0.4, 0.5) is 0 Å². The molecule has 0 radical (unpaired) electrons. The van der Waals surface area contributed by atoms with Gasteiger partial charge in [0.2, 0.25) is 5.75 Å². The fraction of sp³-hybridized carbons (Fsp3) is 0.632. The van der Waals surface area contributed by atoms with E-state index in [4.69, 9.17) is 19.3 Å². The lowest BCUT2D eigenvalue weighted by atomic mass is 10.1. The summed E-state index contributed by atoms with van der Waals surface area (Å²) in [6.45, 7) is 2.79. The van der Waals surface area contributed by atoms with Crippen LogP contribution in [-0.4, -0.2) is 31.9 Å². The number of methoxy groups -OCH3 is 2. The lowest BCUT2D eigenvalue weighted by Crippen LogP contribution is -2.04. The summed E-state index contributed by atoms with van der Waals surface area (Å²) < 4.78 is 16.3. The molecule has 0 aliphatic heterocycles. The Morgan fingerprint density at radius 2 is 1.42 bits per heavy atom. The van der Waals surface area contributed by atoms with Crippen LogP contribution in [0.2, 0.25) is 0 Å². The molecule has 0 atom stereocenters. The van der Waals surface area contributed by atoms with Gasteiger partial charge in [-0.1, -0.05) is 51.9 Å². The molecular weight excluding hydrogens is 308 g/mol. The maximum absolute atomic E-state index is 11.1. The van der Waals surface area contributed by atoms with Gasteiger partial charge < -0.3 is 19.3 Å². The summed E-state index contributed by atoms with van der Waals surface area (Å²) in [6, 6.07) is 2.90. The summed E-state index contributed by atoms with van der Waals surface area (Å²) in [4.78, 5) is 11.1. The number of hydrogen-bond donors (Lipinski definition) is 1. The number of hydrogen-bond acceptors (Lipinski definition) is 4. The van der Waals surface area contributed by atoms with Crippen molar-refractivity contribution in [3.8, 4) is 17.2 Å². The van der Waals surface area contributed by atoms with Crippen molar-refractivity contribution in [1.82, 2.24) is 0 Å². The molecule has 0 amide bonds. The first kappa shape index (κ1) is 20.1. The van der Waals surface area contributed by atoms with Gasteiger partial charge in [0.1, 0.15) is 0 Å². The average Bonchev–Trinajstić information content (AvgIpc) is 2.59. The lowest BCUT2D eigenvalue weighted by Gasteiger charge is -2.15. The maximum atomic E-state index is 11.1. The summed E-state index contributed by atoms with van der Waals surface area (Å²) in [6.07, 6.45) is 9.83. The van der Waals surface area contributed by atoms with E-state index in [0.29, 0.717) is 23.9 Å². The minimum atomic E-state index is -1.03. The number of rotatable bonds is 13. The van der Waals surface area contributed by atoms with E-state index in [1.807, 2.05) is 0 Å². The van der Waals surface area contributed by atoms with Crippen LogP contribution in [0.15, 0.2) is 12.1 Å². The Morgan fingerprint density at radius 3 is 1.88 bits per heavy atom. The molecule has 5 nitrogen and oxygen atoms in total. The molecule has 0 aromatic heterocycles. The molecule has 0 saturated carbocycles. The van der Waals surface area contributed by atoms with Crippen LogP contribution < -0.4 is 14.2 Å². The van der Waals surface area contributed by atoms with E-state index in [-0.39, 0.29) is 5.56 Å². The maximum Gasteiger partial charge on any atom is 0.335 e. The minimum absolute atomic E-state index is 0.114. The Kier molecular flexibility index (Phi) is 9.73. The number of carboxylic acid groups (broad SMARTS) is 1. The number of unbranched alkanes of at least 4 members (excludes halogenated alkanes) is 7. The molecule has 0 aliphatic rings. The zero-order valence-electron chi connectivity index (χ0n) is 15.1. The third-order valence-corrected chi connectivity index (χ3v) is 3.95. The highest BCUT2D eigenvalue weighted by molar-refractivity contribution is 5.89. The van der Waals surface area contributed by atoms with Gasteiger partial charge in [0, 0.05) is 0 Å². The first-order valence-electron chi connectivity index (χ1n) is 8.76. The Hall–Kier alpha value is -1.91. The van der Waals surface area contributed by atoms with Crippen molar-refractivity contribution in [1.29, 1.82) is 0 Å². The predicted molar refractivity (Wildman–Crippen MR) is 94.6 cm³/mol. The van der Waals surface area contributed by atoms with Gasteiger partial charge in [0.05, 0.1) is 26.4 Å². The Balaban J connectivity index is 2.45. The van der Waals surface area contributed by atoms with Crippen LogP contribution in [0.25, 0.3) is 0 Å². The smallest absolute Gasteiger partial charge is 0.335 e. The standard InChI is InChI=1S/C19H30O5/c1-4-5-6-7-8-9-10-11-12-24-18-16(22-2)13-15(19(20)21)14-17(18)23-3/h13-14H,4-12H2,1-3H3,(H,20,21). The summed E-state index contributed by atoms with van der Waals surface area (Å²) in [7, 11) is 2.98. The van der Waals surface area contributed by atoms with Crippen molar-refractivity contribution in [2.45, 2.75) is 58.3 Å². The molecule has 24 heavy (non-hydrogen) atoms. The first-order valence-corrected chi connectivity index (χ1v) is 8.76. The van der Waals surface area contributed by atoms with Gasteiger partial charge in [-0.25, -0.2) is 4.79 Å². The van der Waals surface area contributed by atoms with Crippen molar-refractivity contribution in [2.24, 2.45) is 0 Å². The molecule has 136 valence electrons. The van der Waals surface area contributed by atoms with Crippen LogP contribution >= 0.6 is 0 Å². The molecule has 1 aromatic rings. The summed E-state index contributed by atoms with van der Waals surface area (Å²) in [5.74, 6) is 0.201. The van der Waals surface area contributed by atoms with E-state index >= 15 is 0 Å². The highest BCUT2D eigenvalue weighted by Gasteiger charge is 2.17. The number of carbonyl (C=O) groups is 1. The Labute approximate surface area is 144 Å². The molecule has 1 rings (SSSR count). The van der Waals surface area contributed by atoms with Crippen molar-refractivity contribution < 1.29 is 24.1 Å². The van der Waals surface area contributed by atoms with Crippen molar-refractivity contribution in [3.63, 3.8) is 0 Å². The largest absolute Gasteiger partial charge is 0.493 e. The molecule has 1 N–H and O–H groups in total. The van der Waals surface area contributed by atoms with Gasteiger partial charge in [-0.15, -0.1) is 0 Å². The topological polar surface area (TPSA) is 65.0 Å². The second kappa shape index (κ2) is 11.6. The molecule has 1 aromatic carbocycles. The summed E-state index contributed by atoms with van der Waals surface area (Å²) in [5, 5.41) is 9.11. The van der Waals surface area contributed by atoms with E-state index in [1.54, 1.807) is 0 Å². The van der Waals surface area contributed by atoms with Crippen molar-refractivity contribution >= 4 is 5.97 Å². The van der Waals surface area contributed by atoms with Crippen LogP contribution in [0.5, 0.6) is 17.2 Å². The molecule has 0 unspecified atom stereocenters. The van der Waals surface area contributed by atoms with Crippen LogP contribution in [-0.2, 0) is 0 Å². The van der Waals surface area contributed by atoms with Crippen molar-refractivity contribution in [3.05, 3.63) is 17.7 Å². The summed E-state index contributed by atoms with van der Waals surface area (Å²) in [5.41, 5.74) is 0.114. The molecule has 0 bridgehead atoms. The van der Waals surface area contributed by atoms with E-state index in [1.165, 1.54) is 64.9 Å². The van der Waals surface area contributed by atoms with Crippen LogP contribution in [0.1, 0.15) is 68.6 Å². The molecule has 0 spiro atoms. The van der Waals surface area contributed by atoms with Gasteiger partial charge in [-0.2, -0.15) is 0 Å². The second-order valence-electron chi connectivity index (χ2n) is 5.84. The molecule has 0 aliphatic carbocycles. The Morgan fingerprint density at radius 1 is 0.917 bits per heavy atom. The summed E-state index contributed by atoms with van der Waals surface area (Å²) >= 11 is 0. The Bertz CT molecular complexity index is 474. The van der Waals surface area contributed by atoms with Gasteiger partial charge in [-0.3, -0.25) is 0 Å². The van der Waals surface area contributed by atoms with Crippen LogP contribution in [0.3, 0.4) is 0 Å². The number of benzene rings is 1. The molecular formula is C19H30O5. The van der Waals surface area contributed by atoms with E-state index in [0.717, 1.165) is 12.8 Å². The third-order valence-electron chi connectivity index (χ3n) is 3.95. The zero-order chi connectivity index (χ0) is 17.8. The first-order chi connectivity index (χ1) is 11.6. The predicted octanol–water partition coefficient (Wildman–Crippen LogP) is 4.92. The van der Waals surface area contributed by atoms with Gasteiger partial charge in [0.15, 0.2) is 11.5 Å². The fourth-order valence-corrected chi connectivity index (χ4v) is 2.56. The fourth-order valence-electron chi connectivity index (χ4n) is 2.56. The zero-order valence-corrected chi connectivity index (χ0v) is 15.1. The molecule has 5 heteroatoms. The molecule has 0 fully saturated rings. The van der Waals surface area contributed by atoms with E-state index < -0.39 is 5.97 Å². The number of carboxylic acids is 1. The third kappa shape index (κ3) is 6.69. The SMILES string of the molecule is CCCCCCCCCCOc1c(OC)cc(C(=O)O)cc1OC. The number of aromatic carboxylic acids is 1. The lowest BCUT2D eigenvalue weighted by molar-refractivity contribution is 0.0696. The van der Waals surface area contributed by atoms with E-state index in [9.17, 15) is 4.79 Å². The van der Waals surface area contributed by atoms with Gasteiger partial charge in [0.25, 0.3) is 0 Å². The highest BCUT2D eigenvalue weighted by atomic mass is 16.5. The molecule has 0 heterocycles.